The van der Waals surface area contributed by atoms with Gasteiger partial charge >= 0.3 is 5.97 Å². The molecule has 0 aliphatic heterocycles. The van der Waals surface area contributed by atoms with Crippen molar-refractivity contribution >= 4 is 23.5 Å². The Labute approximate surface area is 157 Å². The van der Waals surface area contributed by atoms with Crippen molar-refractivity contribution in [2.45, 2.75) is 13.0 Å². The number of carbonyl (C=O) groups is 2. The molecule has 0 fully saturated rings. The fourth-order valence-electron chi connectivity index (χ4n) is 2.21. The first-order valence-corrected chi connectivity index (χ1v) is 8.27. The molecule has 0 radical (unpaired) electrons. The van der Waals surface area contributed by atoms with Gasteiger partial charge in [0.15, 0.2) is 18.1 Å². The van der Waals surface area contributed by atoms with Crippen LogP contribution in [0.3, 0.4) is 0 Å². The molecule has 1 N–H and O–H groups in total. The number of esters is 1. The van der Waals surface area contributed by atoms with Crippen molar-refractivity contribution in [1.82, 2.24) is 5.32 Å². The molecule has 2 rings (SSSR count). The average Bonchev–Trinajstić information content (AvgIpc) is 2.66. The molecule has 0 saturated heterocycles. The molecule has 0 bridgehead atoms. The fraction of sp³-hybridized carbons (Fsp3) is 0.263. The maximum atomic E-state index is 11.8. The van der Waals surface area contributed by atoms with Crippen molar-refractivity contribution in [2.75, 3.05) is 20.8 Å². The van der Waals surface area contributed by atoms with Crippen molar-refractivity contribution in [3.8, 4) is 11.5 Å². The van der Waals surface area contributed by atoms with Crippen LogP contribution in [0, 0.1) is 0 Å². The van der Waals surface area contributed by atoms with Crippen LogP contribution in [-0.2, 0) is 27.3 Å². The first kappa shape index (κ1) is 19.6. The van der Waals surface area contributed by atoms with E-state index in [-0.39, 0.29) is 25.5 Å². The SMILES string of the molecule is COc1ccc(CNC(=O)COC(=O)Cc2ccc(Cl)cc2)cc1OC. The van der Waals surface area contributed by atoms with Gasteiger partial charge in [0.2, 0.25) is 0 Å². The zero-order chi connectivity index (χ0) is 18.9. The highest BCUT2D eigenvalue weighted by atomic mass is 35.5. The van der Waals surface area contributed by atoms with E-state index >= 15 is 0 Å². The third kappa shape index (κ3) is 5.97. The summed E-state index contributed by atoms with van der Waals surface area (Å²) in [6.45, 7) is -0.0480. The highest BCUT2D eigenvalue weighted by Gasteiger charge is 2.10. The first-order chi connectivity index (χ1) is 12.5. The lowest BCUT2D eigenvalue weighted by molar-refractivity contribution is -0.147. The minimum atomic E-state index is -0.478. The zero-order valence-electron chi connectivity index (χ0n) is 14.6. The van der Waals surface area contributed by atoms with E-state index in [2.05, 4.69) is 5.32 Å². The second-order valence-corrected chi connectivity index (χ2v) is 5.87. The predicted octanol–water partition coefficient (Wildman–Crippen LogP) is 2.76. The van der Waals surface area contributed by atoms with Crippen molar-refractivity contribution in [3.05, 3.63) is 58.6 Å². The summed E-state index contributed by atoms with van der Waals surface area (Å²) >= 11 is 5.79. The van der Waals surface area contributed by atoms with Crippen LogP contribution in [0.2, 0.25) is 5.02 Å². The van der Waals surface area contributed by atoms with Crippen molar-refractivity contribution in [3.63, 3.8) is 0 Å². The number of halogens is 1. The van der Waals surface area contributed by atoms with Crippen LogP contribution in [0.4, 0.5) is 0 Å². The van der Waals surface area contributed by atoms with Crippen LogP contribution < -0.4 is 14.8 Å². The van der Waals surface area contributed by atoms with Crippen molar-refractivity contribution < 1.29 is 23.8 Å². The Morgan fingerprint density at radius 2 is 1.62 bits per heavy atom. The standard InChI is InChI=1S/C19H20ClNO5/c1-24-16-8-5-14(9-17(16)25-2)11-21-18(22)12-26-19(23)10-13-3-6-15(20)7-4-13/h3-9H,10-12H2,1-2H3,(H,21,22). The molecule has 0 atom stereocenters. The summed E-state index contributed by atoms with van der Waals surface area (Å²) in [5, 5.41) is 3.28. The van der Waals surface area contributed by atoms with Gasteiger partial charge in [-0.05, 0) is 35.4 Å². The minimum absolute atomic E-state index is 0.0835. The quantitative estimate of drug-likeness (QED) is 0.716. The zero-order valence-corrected chi connectivity index (χ0v) is 15.3. The molecule has 1 amide bonds. The Morgan fingerprint density at radius 1 is 0.962 bits per heavy atom. The first-order valence-electron chi connectivity index (χ1n) is 7.89. The van der Waals surface area contributed by atoms with E-state index in [4.69, 9.17) is 25.8 Å². The molecule has 0 aliphatic carbocycles. The lowest BCUT2D eigenvalue weighted by atomic mass is 10.1. The number of amides is 1. The second-order valence-electron chi connectivity index (χ2n) is 5.43. The molecular formula is C19H20ClNO5. The number of methoxy groups -OCH3 is 2. The predicted molar refractivity (Wildman–Crippen MR) is 97.5 cm³/mol. The summed E-state index contributed by atoms with van der Waals surface area (Å²) in [6.07, 6.45) is 0.0835. The summed E-state index contributed by atoms with van der Waals surface area (Å²) in [5.74, 6) is 0.324. The third-order valence-corrected chi connectivity index (χ3v) is 3.82. The summed E-state index contributed by atoms with van der Waals surface area (Å²) in [6, 6.07) is 12.2. The smallest absolute Gasteiger partial charge is 0.310 e. The molecule has 26 heavy (non-hydrogen) atoms. The van der Waals surface area contributed by atoms with Crippen LogP contribution in [0.25, 0.3) is 0 Å². The summed E-state index contributed by atoms with van der Waals surface area (Å²) < 4.78 is 15.4. The number of benzene rings is 2. The lowest BCUT2D eigenvalue weighted by Crippen LogP contribution is -2.28. The van der Waals surface area contributed by atoms with E-state index < -0.39 is 5.97 Å². The van der Waals surface area contributed by atoms with E-state index in [9.17, 15) is 9.59 Å². The maximum Gasteiger partial charge on any atom is 0.310 e. The van der Waals surface area contributed by atoms with Gasteiger partial charge < -0.3 is 19.5 Å². The van der Waals surface area contributed by atoms with Crippen LogP contribution >= 0.6 is 11.6 Å². The average molecular weight is 378 g/mol. The van der Waals surface area contributed by atoms with Gasteiger partial charge in [-0.25, -0.2) is 0 Å². The van der Waals surface area contributed by atoms with Gasteiger partial charge in [0.1, 0.15) is 0 Å². The van der Waals surface area contributed by atoms with Gasteiger partial charge in [0.05, 0.1) is 20.6 Å². The van der Waals surface area contributed by atoms with Gasteiger partial charge in [-0.2, -0.15) is 0 Å². The molecule has 0 saturated carbocycles. The Kier molecular flexibility index (Phi) is 7.29. The van der Waals surface area contributed by atoms with E-state index in [1.807, 2.05) is 6.07 Å². The molecular weight excluding hydrogens is 358 g/mol. The molecule has 138 valence electrons. The minimum Gasteiger partial charge on any atom is -0.493 e. The van der Waals surface area contributed by atoms with E-state index in [0.717, 1.165) is 11.1 Å². The van der Waals surface area contributed by atoms with Gasteiger partial charge in [-0.15, -0.1) is 0 Å². The highest BCUT2D eigenvalue weighted by Crippen LogP contribution is 2.27. The van der Waals surface area contributed by atoms with Gasteiger partial charge in [0.25, 0.3) is 5.91 Å². The molecule has 0 spiro atoms. The molecule has 0 aromatic heterocycles. The van der Waals surface area contributed by atoms with E-state index in [1.54, 1.807) is 50.6 Å². The van der Waals surface area contributed by atoms with Crippen LogP contribution in [-0.4, -0.2) is 32.7 Å². The Morgan fingerprint density at radius 3 is 2.27 bits per heavy atom. The second kappa shape index (κ2) is 9.68. The van der Waals surface area contributed by atoms with E-state index in [0.29, 0.717) is 16.5 Å². The summed E-state index contributed by atoms with van der Waals surface area (Å²) in [7, 11) is 3.10. The van der Waals surface area contributed by atoms with Crippen LogP contribution in [0.15, 0.2) is 42.5 Å². The number of hydrogen-bond acceptors (Lipinski definition) is 5. The number of rotatable bonds is 8. The van der Waals surface area contributed by atoms with Crippen molar-refractivity contribution in [1.29, 1.82) is 0 Å². The molecule has 0 heterocycles. The monoisotopic (exact) mass is 377 g/mol. The molecule has 2 aromatic carbocycles. The lowest BCUT2D eigenvalue weighted by Gasteiger charge is -2.10. The largest absolute Gasteiger partial charge is 0.493 e. The van der Waals surface area contributed by atoms with Gasteiger partial charge in [-0.3, -0.25) is 9.59 Å². The molecule has 0 unspecified atom stereocenters. The Hall–Kier alpha value is -2.73. The topological polar surface area (TPSA) is 73.9 Å². The normalized spacial score (nSPS) is 10.1. The highest BCUT2D eigenvalue weighted by molar-refractivity contribution is 6.30. The summed E-state index contributed by atoms with van der Waals surface area (Å²) in [5.41, 5.74) is 1.61. The number of carbonyl (C=O) groups excluding carboxylic acids is 2. The molecule has 2 aromatic rings. The number of ether oxygens (including phenoxy) is 3. The van der Waals surface area contributed by atoms with Gasteiger partial charge in [-0.1, -0.05) is 29.8 Å². The number of nitrogens with one attached hydrogen (secondary N) is 1. The molecule has 0 aliphatic rings. The number of hydrogen-bond donors (Lipinski definition) is 1. The molecule has 7 heteroatoms. The Bertz CT molecular complexity index is 761. The van der Waals surface area contributed by atoms with E-state index in [1.165, 1.54) is 0 Å². The molecule has 6 nitrogen and oxygen atoms in total. The van der Waals surface area contributed by atoms with Gasteiger partial charge in [0, 0.05) is 11.6 Å². The maximum absolute atomic E-state index is 11.8. The summed E-state index contributed by atoms with van der Waals surface area (Å²) in [4.78, 5) is 23.6. The Balaban J connectivity index is 1.76. The van der Waals surface area contributed by atoms with Crippen molar-refractivity contribution in [2.24, 2.45) is 0 Å². The van der Waals surface area contributed by atoms with Crippen LogP contribution in [0.1, 0.15) is 11.1 Å². The third-order valence-electron chi connectivity index (χ3n) is 3.56. The fourth-order valence-corrected chi connectivity index (χ4v) is 2.33. The van der Waals surface area contributed by atoms with Crippen LogP contribution in [0.5, 0.6) is 11.5 Å².